The molecule has 0 radical (unpaired) electrons. The van der Waals surface area contributed by atoms with Crippen molar-refractivity contribution in [1.29, 1.82) is 0 Å². The van der Waals surface area contributed by atoms with E-state index >= 15 is 0 Å². The van der Waals surface area contributed by atoms with Crippen LogP contribution >= 0.6 is 0 Å². The number of rotatable bonds is 3. The van der Waals surface area contributed by atoms with E-state index in [0.29, 0.717) is 13.1 Å². The lowest BCUT2D eigenvalue weighted by Gasteiger charge is -2.25. The maximum atomic E-state index is 12.6. The van der Waals surface area contributed by atoms with Crippen molar-refractivity contribution in [3.63, 3.8) is 0 Å². The highest BCUT2D eigenvalue weighted by Gasteiger charge is 2.32. The number of nitrogens with zero attached hydrogens (tertiary/aromatic N) is 4. The minimum Gasteiger partial charge on any atom is -0.497 e. The quantitative estimate of drug-likeness (QED) is 0.733. The zero-order valence-electron chi connectivity index (χ0n) is 17.3. The molecule has 1 aliphatic rings. The first-order valence-electron chi connectivity index (χ1n) is 9.90. The average molecular weight is 393 g/mol. The molecule has 152 valence electrons. The van der Waals surface area contributed by atoms with E-state index in [4.69, 9.17) is 9.72 Å². The summed E-state index contributed by atoms with van der Waals surface area (Å²) in [6, 6.07) is 11.9. The first-order chi connectivity index (χ1) is 13.9. The Hall–Kier alpha value is -3.09. The number of aromatic nitrogens is 3. The second kappa shape index (κ2) is 7.39. The fourth-order valence-corrected chi connectivity index (χ4v) is 3.76. The van der Waals surface area contributed by atoms with Gasteiger partial charge in [0.25, 0.3) is 0 Å². The molecule has 1 N–H and O–H groups in total. The minimum atomic E-state index is -0.257. The number of benzene rings is 1. The van der Waals surface area contributed by atoms with E-state index < -0.39 is 0 Å². The second-order valence-electron chi connectivity index (χ2n) is 8.45. The number of ether oxygens (including phenoxy) is 1. The largest absolute Gasteiger partial charge is 0.497 e. The van der Waals surface area contributed by atoms with Crippen molar-refractivity contribution in [2.24, 2.45) is 0 Å². The molecular formula is C22H27N5O2. The van der Waals surface area contributed by atoms with Crippen molar-refractivity contribution in [2.45, 2.75) is 38.8 Å². The van der Waals surface area contributed by atoms with Gasteiger partial charge in [-0.3, -0.25) is 0 Å². The molecule has 2 amide bonds. The standard InChI is InChI=1S/C22H27N5O2/c1-22(2,3)25-21(28)26-13-11-16(14-26)27-19(15-7-9-17(29-4)10-8-15)24-18-6-5-12-23-20(18)27/h5-10,12,16H,11,13-14H2,1-4H3,(H,25,28). The molecule has 0 aliphatic carbocycles. The monoisotopic (exact) mass is 393 g/mol. The van der Waals surface area contributed by atoms with Crippen LogP contribution in [0.4, 0.5) is 4.79 Å². The number of carbonyl (C=O) groups excluding carboxylic acids is 1. The van der Waals surface area contributed by atoms with Crippen LogP contribution in [0.1, 0.15) is 33.2 Å². The maximum Gasteiger partial charge on any atom is 0.317 e. The highest BCUT2D eigenvalue weighted by atomic mass is 16.5. The summed E-state index contributed by atoms with van der Waals surface area (Å²) in [5, 5.41) is 3.06. The Morgan fingerprint density at radius 3 is 2.66 bits per heavy atom. The number of hydrogen-bond donors (Lipinski definition) is 1. The Bertz CT molecular complexity index is 1020. The van der Waals surface area contributed by atoms with Crippen LogP contribution in [0.3, 0.4) is 0 Å². The van der Waals surface area contributed by atoms with Crippen LogP contribution in [0, 0.1) is 0 Å². The highest BCUT2D eigenvalue weighted by Crippen LogP contribution is 2.32. The first-order valence-corrected chi connectivity index (χ1v) is 9.90. The Labute approximate surface area is 170 Å². The molecule has 0 bridgehead atoms. The Balaban J connectivity index is 1.69. The number of urea groups is 1. The Morgan fingerprint density at radius 1 is 1.21 bits per heavy atom. The van der Waals surface area contributed by atoms with Gasteiger partial charge in [-0.05, 0) is 63.6 Å². The number of imidazole rings is 1. The molecule has 0 saturated carbocycles. The molecule has 7 heteroatoms. The molecule has 4 rings (SSSR count). The van der Waals surface area contributed by atoms with Gasteiger partial charge in [0.2, 0.25) is 0 Å². The number of amides is 2. The van der Waals surface area contributed by atoms with Gasteiger partial charge in [0.1, 0.15) is 17.1 Å². The number of fused-ring (bicyclic) bond motifs is 1. The number of nitrogens with one attached hydrogen (secondary N) is 1. The van der Waals surface area contributed by atoms with Crippen molar-refractivity contribution in [3.05, 3.63) is 42.6 Å². The lowest BCUT2D eigenvalue weighted by Crippen LogP contribution is -2.47. The van der Waals surface area contributed by atoms with Gasteiger partial charge in [-0.15, -0.1) is 0 Å². The summed E-state index contributed by atoms with van der Waals surface area (Å²) in [4.78, 5) is 23.9. The number of likely N-dealkylation sites (tertiary alicyclic amines) is 1. The van der Waals surface area contributed by atoms with Gasteiger partial charge >= 0.3 is 6.03 Å². The molecular weight excluding hydrogens is 366 g/mol. The topological polar surface area (TPSA) is 72.3 Å². The van der Waals surface area contributed by atoms with Gasteiger partial charge in [-0.25, -0.2) is 14.8 Å². The van der Waals surface area contributed by atoms with Crippen LogP contribution in [0.5, 0.6) is 5.75 Å². The van der Waals surface area contributed by atoms with E-state index in [0.717, 1.165) is 34.7 Å². The van der Waals surface area contributed by atoms with E-state index in [2.05, 4.69) is 14.9 Å². The summed E-state index contributed by atoms with van der Waals surface area (Å²) >= 11 is 0. The van der Waals surface area contributed by atoms with Crippen molar-refractivity contribution < 1.29 is 9.53 Å². The zero-order chi connectivity index (χ0) is 20.6. The normalized spacial score (nSPS) is 17.0. The zero-order valence-corrected chi connectivity index (χ0v) is 17.3. The smallest absolute Gasteiger partial charge is 0.317 e. The summed E-state index contributed by atoms with van der Waals surface area (Å²) in [6.45, 7) is 7.32. The van der Waals surface area contributed by atoms with Crippen molar-refractivity contribution in [2.75, 3.05) is 20.2 Å². The van der Waals surface area contributed by atoms with Gasteiger partial charge in [-0.1, -0.05) is 0 Å². The lowest BCUT2D eigenvalue weighted by atomic mass is 10.1. The Morgan fingerprint density at radius 2 is 1.97 bits per heavy atom. The molecule has 3 aromatic rings. The van der Waals surface area contributed by atoms with Crippen LogP contribution in [-0.4, -0.2) is 51.2 Å². The second-order valence-corrected chi connectivity index (χ2v) is 8.45. The summed E-state index contributed by atoms with van der Waals surface area (Å²) < 4.78 is 7.47. The summed E-state index contributed by atoms with van der Waals surface area (Å²) in [7, 11) is 1.66. The third kappa shape index (κ3) is 3.90. The fourth-order valence-electron chi connectivity index (χ4n) is 3.76. The molecule has 3 heterocycles. The number of methoxy groups -OCH3 is 1. The van der Waals surface area contributed by atoms with Crippen molar-refractivity contribution in [3.8, 4) is 17.1 Å². The highest BCUT2D eigenvalue weighted by molar-refractivity contribution is 5.78. The molecule has 0 spiro atoms. The third-order valence-electron chi connectivity index (χ3n) is 5.09. The third-order valence-corrected chi connectivity index (χ3v) is 5.09. The van der Waals surface area contributed by atoms with E-state index in [1.54, 1.807) is 13.3 Å². The SMILES string of the molecule is COc1ccc(-c2nc3cccnc3n2C2CCN(C(=O)NC(C)(C)C)C2)cc1. The van der Waals surface area contributed by atoms with E-state index in [1.165, 1.54) is 0 Å². The first kappa shape index (κ1) is 19.2. The van der Waals surface area contributed by atoms with Gasteiger partial charge in [-0.2, -0.15) is 0 Å². The Kier molecular flexibility index (Phi) is 4.90. The van der Waals surface area contributed by atoms with E-state index in [-0.39, 0.29) is 17.6 Å². The van der Waals surface area contributed by atoms with Crippen molar-refractivity contribution in [1.82, 2.24) is 24.8 Å². The average Bonchev–Trinajstić information content (AvgIpc) is 3.31. The lowest BCUT2D eigenvalue weighted by molar-refractivity contribution is 0.198. The summed E-state index contributed by atoms with van der Waals surface area (Å²) in [6.07, 6.45) is 2.65. The van der Waals surface area contributed by atoms with Gasteiger partial charge in [0.05, 0.1) is 13.2 Å². The fraction of sp³-hybridized carbons (Fsp3) is 0.409. The molecule has 29 heavy (non-hydrogen) atoms. The van der Waals surface area contributed by atoms with Crippen LogP contribution in [0.25, 0.3) is 22.6 Å². The molecule has 1 atom stereocenters. The molecule has 1 aromatic carbocycles. The molecule has 1 saturated heterocycles. The predicted molar refractivity (Wildman–Crippen MR) is 113 cm³/mol. The van der Waals surface area contributed by atoms with Gasteiger partial charge in [0.15, 0.2) is 5.65 Å². The van der Waals surface area contributed by atoms with E-state index in [1.807, 2.05) is 62.1 Å². The summed E-state index contributed by atoms with van der Waals surface area (Å²) in [5.41, 5.74) is 2.45. The molecule has 1 unspecified atom stereocenters. The minimum absolute atomic E-state index is 0.0247. The molecule has 1 fully saturated rings. The maximum absolute atomic E-state index is 12.6. The number of hydrogen-bond acceptors (Lipinski definition) is 4. The van der Waals surface area contributed by atoms with Crippen LogP contribution < -0.4 is 10.1 Å². The van der Waals surface area contributed by atoms with Crippen molar-refractivity contribution >= 4 is 17.2 Å². The van der Waals surface area contributed by atoms with Crippen LogP contribution in [0.15, 0.2) is 42.6 Å². The molecule has 7 nitrogen and oxygen atoms in total. The van der Waals surface area contributed by atoms with Gasteiger partial charge in [0, 0.05) is 30.4 Å². The van der Waals surface area contributed by atoms with Crippen LogP contribution in [-0.2, 0) is 0 Å². The number of carbonyl (C=O) groups is 1. The number of pyridine rings is 1. The summed E-state index contributed by atoms with van der Waals surface area (Å²) in [5.74, 6) is 1.67. The predicted octanol–water partition coefficient (Wildman–Crippen LogP) is 3.86. The van der Waals surface area contributed by atoms with Crippen LogP contribution in [0.2, 0.25) is 0 Å². The van der Waals surface area contributed by atoms with Gasteiger partial charge < -0.3 is 19.5 Å². The molecule has 1 aliphatic heterocycles. The molecule has 2 aromatic heterocycles. The van der Waals surface area contributed by atoms with E-state index in [9.17, 15) is 4.79 Å².